The zero-order valence-corrected chi connectivity index (χ0v) is 21.1. The molecule has 0 radical (unpaired) electrons. The molecular weight excluding hydrogens is 430 g/mol. The van der Waals surface area contributed by atoms with Crippen LogP contribution >= 0.6 is 11.8 Å². The summed E-state index contributed by atoms with van der Waals surface area (Å²) in [6.45, 7) is 13.7. The highest BCUT2D eigenvalue weighted by molar-refractivity contribution is 7.99. The number of benzene rings is 2. The minimum Gasteiger partial charge on any atom is -0.302 e. The Balaban J connectivity index is 1.59. The van der Waals surface area contributed by atoms with Crippen LogP contribution in [0.15, 0.2) is 58.8 Å². The van der Waals surface area contributed by atoms with Crippen LogP contribution in [0.3, 0.4) is 0 Å². The Hall–Kier alpha value is -2.93. The summed E-state index contributed by atoms with van der Waals surface area (Å²) in [7, 11) is 0. The van der Waals surface area contributed by atoms with Crippen molar-refractivity contribution in [3.63, 3.8) is 0 Å². The third kappa shape index (κ3) is 6.54. The van der Waals surface area contributed by atoms with Gasteiger partial charge in [-0.15, -0.1) is 10.2 Å². The molecule has 3 rings (SSSR count). The van der Waals surface area contributed by atoms with Gasteiger partial charge in [-0.3, -0.25) is 4.79 Å². The van der Waals surface area contributed by atoms with Crippen molar-refractivity contribution in [1.82, 2.24) is 20.2 Å². The van der Waals surface area contributed by atoms with Gasteiger partial charge in [-0.05, 0) is 34.9 Å². The van der Waals surface area contributed by atoms with Gasteiger partial charge in [0.05, 0.1) is 12.0 Å². The summed E-state index contributed by atoms with van der Waals surface area (Å²) < 4.78 is 2.03. The molecule has 1 heterocycles. The van der Waals surface area contributed by atoms with Crippen molar-refractivity contribution in [3.8, 4) is 11.4 Å². The van der Waals surface area contributed by atoms with Gasteiger partial charge in [0.1, 0.15) is 0 Å². The van der Waals surface area contributed by atoms with Crippen molar-refractivity contribution in [2.45, 2.75) is 64.6 Å². The largest absolute Gasteiger partial charge is 0.302 e. The number of hydrogen-bond donors (Lipinski definition) is 1. The molecule has 1 aromatic heterocycles. The van der Waals surface area contributed by atoms with Crippen molar-refractivity contribution in [1.29, 1.82) is 0 Å². The van der Waals surface area contributed by atoms with Crippen LogP contribution in [0.4, 0.5) is 0 Å². The second-order valence-electron chi connectivity index (χ2n) is 9.28. The molecule has 1 N–H and O–H groups in total. The van der Waals surface area contributed by atoms with Crippen LogP contribution in [0.1, 0.15) is 64.2 Å². The molecule has 0 bridgehead atoms. The highest BCUT2D eigenvalue weighted by Crippen LogP contribution is 2.27. The number of nitrogens with zero attached hydrogens (tertiary/aromatic N) is 4. The van der Waals surface area contributed by atoms with E-state index in [0.29, 0.717) is 5.92 Å². The smallest absolute Gasteiger partial charge is 0.250 e. The van der Waals surface area contributed by atoms with Gasteiger partial charge >= 0.3 is 0 Å². The first-order valence-electron chi connectivity index (χ1n) is 11.3. The van der Waals surface area contributed by atoms with E-state index in [9.17, 15) is 4.79 Å². The summed E-state index contributed by atoms with van der Waals surface area (Å²) in [5.74, 6) is 1.33. The van der Waals surface area contributed by atoms with E-state index in [-0.39, 0.29) is 17.1 Å². The monoisotopic (exact) mass is 463 g/mol. The molecule has 1 amide bonds. The lowest BCUT2D eigenvalue weighted by Gasteiger charge is -2.19. The van der Waals surface area contributed by atoms with Gasteiger partial charge in [-0.2, -0.15) is 5.10 Å². The fraction of sp³-hybridized carbons (Fsp3) is 0.385. The Labute approximate surface area is 200 Å². The van der Waals surface area contributed by atoms with Crippen molar-refractivity contribution < 1.29 is 4.79 Å². The Morgan fingerprint density at radius 1 is 1.09 bits per heavy atom. The second kappa shape index (κ2) is 10.8. The minimum atomic E-state index is -0.184. The number of rotatable bonds is 8. The molecular formula is C26H33N5OS. The third-order valence-corrected chi connectivity index (χ3v) is 6.35. The third-order valence-electron chi connectivity index (χ3n) is 5.38. The molecule has 174 valence electrons. The minimum absolute atomic E-state index is 0.103. The van der Waals surface area contributed by atoms with E-state index in [1.165, 1.54) is 22.9 Å². The summed E-state index contributed by atoms with van der Waals surface area (Å²) in [5.41, 5.74) is 7.20. The van der Waals surface area contributed by atoms with Gasteiger partial charge < -0.3 is 4.57 Å². The molecule has 2 aromatic carbocycles. The van der Waals surface area contributed by atoms with Gasteiger partial charge in [-0.1, -0.05) is 94.9 Å². The summed E-state index contributed by atoms with van der Waals surface area (Å²) in [5, 5.41) is 13.5. The fourth-order valence-electron chi connectivity index (χ4n) is 3.32. The van der Waals surface area contributed by atoms with Crippen LogP contribution in [0.25, 0.3) is 11.4 Å². The number of thioether (sulfide) groups is 1. The standard InChI is InChI=1S/C26H33N5OS/c1-7-31-24(21-12-14-22(15-13-21)26(4,5)6)29-30-25(31)33-17-23(32)28-27-16-19-8-10-20(11-9-19)18(2)3/h8-16,18H,7,17H2,1-6H3,(H,28,32). The van der Waals surface area contributed by atoms with Crippen LogP contribution in [0.5, 0.6) is 0 Å². The Kier molecular flexibility index (Phi) is 8.08. The number of carbonyl (C=O) groups is 1. The lowest BCUT2D eigenvalue weighted by Crippen LogP contribution is -2.20. The molecule has 0 aliphatic heterocycles. The predicted molar refractivity (Wildman–Crippen MR) is 137 cm³/mol. The molecule has 7 heteroatoms. The van der Waals surface area contributed by atoms with Gasteiger partial charge in [0.25, 0.3) is 5.91 Å². The highest BCUT2D eigenvalue weighted by atomic mass is 32.2. The average Bonchev–Trinajstić information content (AvgIpc) is 3.20. The number of aromatic nitrogens is 3. The first kappa shape index (κ1) is 24.7. The maximum absolute atomic E-state index is 12.3. The van der Waals surface area contributed by atoms with E-state index in [2.05, 4.69) is 98.7 Å². The van der Waals surface area contributed by atoms with E-state index >= 15 is 0 Å². The quantitative estimate of drug-likeness (QED) is 0.267. The van der Waals surface area contributed by atoms with Crippen LogP contribution in [-0.4, -0.2) is 32.6 Å². The normalized spacial score (nSPS) is 12.0. The fourth-order valence-corrected chi connectivity index (χ4v) is 4.12. The van der Waals surface area contributed by atoms with E-state index in [1.807, 2.05) is 16.7 Å². The van der Waals surface area contributed by atoms with Gasteiger partial charge in [0, 0.05) is 12.1 Å². The van der Waals surface area contributed by atoms with Crippen molar-refractivity contribution in [2.75, 3.05) is 5.75 Å². The number of nitrogens with one attached hydrogen (secondary N) is 1. The Morgan fingerprint density at radius 2 is 1.76 bits per heavy atom. The summed E-state index contributed by atoms with van der Waals surface area (Å²) in [6, 6.07) is 16.6. The topological polar surface area (TPSA) is 72.2 Å². The molecule has 0 spiro atoms. The summed E-state index contributed by atoms with van der Waals surface area (Å²) in [6.07, 6.45) is 1.65. The number of hydrazone groups is 1. The van der Waals surface area contributed by atoms with E-state index in [0.717, 1.165) is 28.7 Å². The molecule has 33 heavy (non-hydrogen) atoms. The van der Waals surface area contributed by atoms with Gasteiger partial charge in [-0.25, -0.2) is 5.43 Å². The Bertz CT molecular complexity index is 1090. The molecule has 0 unspecified atom stereocenters. The van der Waals surface area contributed by atoms with E-state index in [1.54, 1.807) is 6.21 Å². The van der Waals surface area contributed by atoms with Crippen molar-refractivity contribution >= 4 is 23.9 Å². The van der Waals surface area contributed by atoms with Crippen LogP contribution < -0.4 is 5.43 Å². The lowest BCUT2D eigenvalue weighted by atomic mass is 9.87. The average molecular weight is 464 g/mol. The predicted octanol–water partition coefficient (Wildman–Crippen LogP) is 5.63. The zero-order chi connectivity index (χ0) is 24.0. The van der Waals surface area contributed by atoms with Gasteiger partial charge in [0.15, 0.2) is 11.0 Å². The van der Waals surface area contributed by atoms with E-state index < -0.39 is 0 Å². The van der Waals surface area contributed by atoms with Crippen LogP contribution in [-0.2, 0) is 16.8 Å². The number of hydrogen-bond acceptors (Lipinski definition) is 5. The molecule has 0 saturated heterocycles. The Morgan fingerprint density at radius 3 is 2.33 bits per heavy atom. The molecule has 0 saturated carbocycles. The second-order valence-corrected chi connectivity index (χ2v) is 10.2. The molecule has 0 fully saturated rings. The van der Waals surface area contributed by atoms with Gasteiger partial charge in [0.2, 0.25) is 0 Å². The summed E-state index contributed by atoms with van der Waals surface area (Å²) >= 11 is 1.36. The molecule has 0 aliphatic carbocycles. The molecule has 0 aliphatic rings. The van der Waals surface area contributed by atoms with E-state index in [4.69, 9.17) is 0 Å². The van der Waals surface area contributed by atoms with Crippen molar-refractivity contribution in [2.24, 2.45) is 5.10 Å². The SMILES string of the molecule is CCn1c(SCC(=O)NN=Cc2ccc(C(C)C)cc2)nnc1-c1ccc(C(C)(C)C)cc1. The molecule has 0 atom stereocenters. The lowest BCUT2D eigenvalue weighted by molar-refractivity contribution is -0.118. The first-order valence-corrected chi connectivity index (χ1v) is 12.3. The first-order chi connectivity index (χ1) is 15.7. The van der Waals surface area contributed by atoms with Crippen LogP contribution in [0, 0.1) is 0 Å². The highest BCUT2D eigenvalue weighted by Gasteiger charge is 2.17. The zero-order valence-electron chi connectivity index (χ0n) is 20.3. The summed E-state index contributed by atoms with van der Waals surface area (Å²) in [4.78, 5) is 12.3. The number of amides is 1. The van der Waals surface area contributed by atoms with Crippen molar-refractivity contribution in [3.05, 3.63) is 65.2 Å². The maximum atomic E-state index is 12.3. The number of carbonyl (C=O) groups excluding carboxylic acids is 1. The molecule has 6 nitrogen and oxygen atoms in total. The van der Waals surface area contributed by atoms with Crippen LogP contribution in [0.2, 0.25) is 0 Å². The maximum Gasteiger partial charge on any atom is 0.250 e. The molecule has 3 aromatic rings.